The van der Waals surface area contributed by atoms with Crippen LogP contribution in [0.4, 0.5) is 8.78 Å². The Bertz CT molecular complexity index is 1060. The van der Waals surface area contributed by atoms with E-state index in [-0.39, 0.29) is 23.5 Å². The summed E-state index contributed by atoms with van der Waals surface area (Å²) in [5.41, 5.74) is 8.22. The Hall–Kier alpha value is -2.93. The summed E-state index contributed by atoms with van der Waals surface area (Å²) >= 11 is 0. The largest absolute Gasteiger partial charge is 0.489 e. The van der Waals surface area contributed by atoms with Crippen LogP contribution in [0, 0.1) is 11.6 Å². The molecule has 0 fully saturated rings. The van der Waals surface area contributed by atoms with Crippen LogP contribution in [-0.4, -0.2) is 30.1 Å². The number of carbonyl (C=O) groups is 1. The molecule has 1 amide bonds. The molecule has 7 heteroatoms. The molecular weight excluding hydrogens is 376 g/mol. The van der Waals surface area contributed by atoms with Crippen LogP contribution in [0.25, 0.3) is 10.9 Å². The van der Waals surface area contributed by atoms with Crippen molar-refractivity contribution in [3.8, 4) is 5.75 Å². The molecule has 5 nitrogen and oxygen atoms in total. The number of carbonyl (C=O) groups excluding carboxylic acids is 1. The van der Waals surface area contributed by atoms with E-state index in [0.717, 1.165) is 22.9 Å². The Morgan fingerprint density at radius 3 is 2.97 bits per heavy atom. The molecule has 1 aliphatic heterocycles. The van der Waals surface area contributed by atoms with Crippen molar-refractivity contribution in [2.45, 2.75) is 31.7 Å². The van der Waals surface area contributed by atoms with E-state index in [1.807, 2.05) is 6.20 Å². The third kappa shape index (κ3) is 3.82. The van der Waals surface area contributed by atoms with Crippen molar-refractivity contribution in [1.29, 1.82) is 0 Å². The van der Waals surface area contributed by atoms with Gasteiger partial charge in [0.25, 0.3) is 0 Å². The number of nitrogens with one attached hydrogen (secondary N) is 2. The summed E-state index contributed by atoms with van der Waals surface area (Å²) in [7, 11) is 0. The van der Waals surface area contributed by atoms with Crippen LogP contribution in [0.15, 0.2) is 36.5 Å². The summed E-state index contributed by atoms with van der Waals surface area (Å²) in [4.78, 5) is 14.8. The Kier molecular flexibility index (Phi) is 5.24. The van der Waals surface area contributed by atoms with E-state index in [4.69, 9.17) is 10.5 Å². The predicted molar refractivity (Wildman–Crippen MR) is 107 cm³/mol. The number of aromatic amines is 1. The second-order valence-electron chi connectivity index (χ2n) is 7.56. The lowest BCUT2D eigenvalue weighted by Crippen LogP contribution is -2.41. The summed E-state index contributed by atoms with van der Waals surface area (Å²) in [5.74, 6) is -0.990. The molecule has 2 aromatic carbocycles. The van der Waals surface area contributed by atoms with Gasteiger partial charge >= 0.3 is 0 Å². The number of benzene rings is 2. The summed E-state index contributed by atoms with van der Waals surface area (Å²) < 4.78 is 33.1. The predicted octanol–water partition coefficient (Wildman–Crippen LogP) is 3.63. The molecule has 0 unspecified atom stereocenters. The fourth-order valence-electron chi connectivity index (χ4n) is 3.99. The van der Waals surface area contributed by atoms with Crippen molar-refractivity contribution in [3.05, 3.63) is 64.9 Å². The molecule has 0 radical (unpaired) electrons. The zero-order valence-electron chi connectivity index (χ0n) is 16.1. The first-order valence-electron chi connectivity index (χ1n) is 9.68. The molecule has 152 valence electrons. The van der Waals surface area contributed by atoms with Gasteiger partial charge in [-0.1, -0.05) is 6.92 Å². The highest BCUT2D eigenvalue weighted by Gasteiger charge is 2.26. The number of aromatic nitrogens is 1. The van der Waals surface area contributed by atoms with Gasteiger partial charge in [0, 0.05) is 34.3 Å². The Balaban J connectivity index is 1.40. The average molecular weight is 399 g/mol. The van der Waals surface area contributed by atoms with Crippen LogP contribution < -0.4 is 15.8 Å². The van der Waals surface area contributed by atoms with E-state index in [0.29, 0.717) is 30.7 Å². The maximum atomic E-state index is 14.0. The summed E-state index contributed by atoms with van der Waals surface area (Å²) in [6, 6.07) is 7.30. The van der Waals surface area contributed by atoms with Crippen LogP contribution in [0.1, 0.15) is 40.7 Å². The normalized spacial score (nSPS) is 17.0. The number of hydrogen-bond acceptors (Lipinski definition) is 3. The number of ether oxygens (including phenoxy) is 1. The maximum absolute atomic E-state index is 14.0. The molecule has 0 bridgehead atoms. The van der Waals surface area contributed by atoms with E-state index < -0.39 is 11.7 Å². The van der Waals surface area contributed by atoms with Crippen molar-refractivity contribution in [1.82, 2.24) is 10.3 Å². The third-order valence-electron chi connectivity index (χ3n) is 5.57. The van der Waals surface area contributed by atoms with Gasteiger partial charge in [-0.05, 0) is 61.2 Å². The van der Waals surface area contributed by atoms with Gasteiger partial charge in [-0.15, -0.1) is 0 Å². The minimum atomic E-state index is -0.592. The van der Waals surface area contributed by atoms with Crippen molar-refractivity contribution < 1.29 is 18.3 Å². The van der Waals surface area contributed by atoms with Crippen LogP contribution in [0.5, 0.6) is 5.75 Å². The number of rotatable bonds is 6. The van der Waals surface area contributed by atoms with E-state index >= 15 is 0 Å². The number of hydrogen-bond donors (Lipinski definition) is 3. The number of primary amides is 1. The van der Waals surface area contributed by atoms with Crippen molar-refractivity contribution in [2.75, 3.05) is 13.2 Å². The molecular formula is C22H23F2N3O2. The van der Waals surface area contributed by atoms with Crippen molar-refractivity contribution in [3.63, 3.8) is 0 Å². The van der Waals surface area contributed by atoms with Gasteiger partial charge in [0.15, 0.2) is 11.6 Å². The summed E-state index contributed by atoms with van der Waals surface area (Å²) in [6.07, 6.45) is 3.23. The van der Waals surface area contributed by atoms with Gasteiger partial charge in [0.2, 0.25) is 5.91 Å². The highest BCUT2D eigenvalue weighted by molar-refractivity contribution is 5.95. The molecule has 1 aliphatic rings. The number of nitrogens with two attached hydrogens (primary N) is 1. The van der Waals surface area contributed by atoms with Gasteiger partial charge in [0.05, 0.1) is 0 Å². The number of halogens is 2. The fraction of sp³-hybridized carbons (Fsp3) is 0.318. The van der Waals surface area contributed by atoms with E-state index in [1.165, 1.54) is 18.2 Å². The molecule has 2 atom stereocenters. The maximum Gasteiger partial charge on any atom is 0.249 e. The minimum Gasteiger partial charge on any atom is -0.489 e. The zero-order chi connectivity index (χ0) is 20.5. The number of H-pyrrole nitrogens is 1. The molecule has 0 saturated heterocycles. The molecule has 4 rings (SSSR count). The van der Waals surface area contributed by atoms with Gasteiger partial charge < -0.3 is 20.8 Å². The van der Waals surface area contributed by atoms with E-state index in [2.05, 4.69) is 17.2 Å². The quantitative estimate of drug-likeness (QED) is 0.592. The van der Waals surface area contributed by atoms with Gasteiger partial charge in [-0.25, -0.2) is 8.78 Å². The van der Waals surface area contributed by atoms with E-state index in [9.17, 15) is 13.6 Å². The first-order valence-corrected chi connectivity index (χ1v) is 9.68. The standard InChI is InChI=1S/C22H23F2N3O2/c1-12(18-10-27-20-5-2-13(23)8-16(18)20)6-7-26-14-9-17-15(22(25)28)3-4-19(24)21(17)29-11-14/h2-5,8,10,12,14,26-27H,6-7,9,11H2,1H3,(H2,25,28)/t12-,14+/m1/s1. The molecule has 2 heterocycles. The monoisotopic (exact) mass is 399 g/mol. The SMILES string of the molecule is C[C@H](CCN[C@@H]1COc2c(F)ccc(C(N)=O)c2C1)c1c[nH]c2ccc(F)cc12. The lowest BCUT2D eigenvalue weighted by molar-refractivity contribution is 0.0997. The molecule has 0 spiro atoms. The smallest absolute Gasteiger partial charge is 0.249 e. The molecule has 0 saturated carbocycles. The first kappa shape index (κ1) is 19.4. The molecule has 1 aromatic heterocycles. The number of fused-ring (bicyclic) bond motifs is 2. The topological polar surface area (TPSA) is 80.1 Å². The minimum absolute atomic E-state index is 0.0463. The average Bonchev–Trinajstić information content (AvgIpc) is 3.11. The van der Waals surface area contributed by atoms with Crippen LogP contribution in [0.3, 0.4) is 0 Å². The van der Waals surface area contributed by atoms with Gasteiger partial charge in [0.1, 0.15) is 12.4 Å². The Labute approximate surface area is 167 Å². The van der Waals surface area contributed by atoms with Crippen LogP contribution >= 0.6 is 0 Å². The molecule has 4 N–H and O–H groups in total. The van der Waals surface area contributed by atoms with Crippen molar-refractivity contribution >= 4 is 16.8 Å². The molecule has 0 aliphatic carbocycles. The Morgan fingerprint density at radius 1 is 1.34 bits per heavy atom. The molecule has 29 heavy (non-hydrogen) atoms. The van der Waals surface area contributed by atoms with Gasteiger partial charge in [-0.3, -0.25) is 4.79 Å². The second kappa shape index (κ2) is 7.83. The number of amides is 1. The van der Waals surface area contributed by atoms with Crippen molar-refractivity contribution in [2.24, 2.45) is 5.73 Å². The zero-order valence-corrected chi connectivity index (χ0v) is 16.1. The van der Waals surface area contributed by atoms with E-state index in [1.54, 1.807) is 12.1 Å². The highest BCUT2D eigenvalue weighted by atomic mass is 19.1. The lowest BCUT2D eigenvalue weighted by atomic mass is 9.95. The Morgan fingerprint density at radius 2 is 2.17 bits per heavy atom. The van der Waals surface area contributed by atoms with Gasteiger partial charge in [-0.2, -0.15) is 0 Å². The fourth-order valence-corrected chi connectivity index (χ4v) is 3.99. The third-order valence-corrected chi connectivity index (χ3v) is 5.57. The first-order chi connectivity index (χ1) is 13.9. The highest BCUT2D eigenvalue weighted by Crippen LogP contribution is 2.31. The second-order valence-corrected chi connectivity index (χ2v) is 7.56. The lowest BCUT2D eigenvalue weighted by Gasteiger charge is -2.28. The molecule has 3 aromatic rings. The summed E-state index contributed by atoms with van der Waals surface area (Å²) in [5, 5.41) is 4.31. The summed E-state index contributed by atoms with van der Waals surface area (Å²) in [6.45, 7) is 3.12. The van der Waals surface area contributed by atoms with Crippen LogP contribution in [-0.2, 0) is 6.42 Å². The van der Waals surface area contributed by atoms with Crippen LogP contribution in [0.2, 0.25) is 0 Å².